The highest BCUT2D eigenvalue weighted by atomic mass is 32.2. The topological polar surface area (TPSA) is 95.9 Å². The van der Waals surface area contributed by atoms with Gasteiger partial charge in [0.2, 0.25) is 5.91 Å². The van der Waals surface area contributed by atoms with Crippen LogP contribution in [0.1, 0.15) is 44.7 Å². The Kier molecular flexibility index (Phi) is 6.62. The number of amides is 2. The molecule has 2 aliphatic rings. The van der Waals surface area contributed by atoms with E-state index in [9.17, 15) is 19.5 Å². The number of carboxylic acid groups (broad SMARTS) is 1. The molecule has 2 aromatic carbocycles. The lowest BCUT2D eigenvalue weighted by Crippen LogP contribution is -2.58. The molecule has 2 aromatic rings. The van der Waals surface area contributed by atoms with Crippen LogP contribution in [-0.4, -0.2) is 57.3 Å². The van der Waals surface area contributed by atoms with E-state index < -0.39 is 34.9 Å². The van der Waals surface area contributed by atoms with Crippen molar-refractivity contribution in [2.24, 2.45) is 5.92 Å². The number of hydrogen-bond donors (Lipinski definition) is 2. The van der Waals surface area contributed by atoms with Gasteiger partial charge in [-0.25, -0.2) is 9.59 Å². The van der Waals surface area contributed by atoms with Crippen molar-refractivity contribution >= 4 is 29.7 Å². The Hall–Kier alpha value is -3.00. The number of thioether (sulfide) groups is 1. The highest BCUT2D eigenvalue weighted by molar-refractivity contribution is 8.00. The average Bonchev–Trinajstić information content (AvgIpc) is 3.29. The predicted molar refractivity (Wildman–Crippen MR) is 132 cm³/mol. The summed E-state index contributed by atoms with van der Waals surface area (Å²) in [5, 5.41) is 12.3. The Labute approximate surface area is 203 Å². The Morgan fingerprint density at radius 1 is 1.09 bits per heavy atom. The first-order chi connectivity index (χ1) is 16.1. The highest BCUT2D eigenvalue weighted by Crippen LogP contribution is 2.44. The predicted octanol–water partition coefficient (Wildman–Crippen LogP) is 4.31. The van der Waals surface area contributed by atoms with E-state index >= 15 is 0 Å². The molecule has 1 saturated heterocycles. The summed E-state index contributed by atoms with van der Waals surface area (Å²) in [6.07, 6.45) is -0.689. The number of carboxylic acids is 1. The number of aliphatic carboxylic acids is 1. The molecule has 7 nitrogen and oxygen atoms in total. The molecular formula is C26H30N2O5S. The highest BCUT2D eigenvalue weighted by Gasteiger charge is 2.49. The van der Waals surface area contributed by atoms with Crippen molar-refractivity contribution in [2.75, 3.05) is 12.4 Å². The molecular weight excluding hydrogens is 452 g/mol. The fraction of sp³-hybridized carbons (Fsp3) is 0.423. The van der Waals surface area contributed by atoms with E-state index in [-0.39, 0.29) is 18.4 Å². The summed E-state index contributed by atoms with van der Waals surface area (Å²) in [5.41, 5.74) is 4.48. The summed E-state index contributed by atoms with van der Waals surface area (Å²) in [4.78, 5) is 38.7. The molecule has 0 bridgehead atoms. The van der Waals surface area contributed by atoms with Crippen LogP contribution >= 0.6 is 11.8 Å². The summed E-state index contributed by atoms with van der Waals surface area (Å²) in [5.74, 6) is -1.48. The van der Waals surface area contributed by atoms with Gasteiger partial charge in [0.15, 0.2) is 0 Å². The van der Waals surface area contributed by atoms with Crippen molar-refractivity contribution in [3.63, 3.8) is 0 Å². The van der Waals surface area contributed by atoms with Crippen LogP contribution in [0, 0.1) is 5.92 Å². The van der Waals surface area contributed by atoms with E-state index in [2.05, 4.69) is 17.4 Å². The third kappa shape index (κ3) is 4.39. The molecule has 0 spiro atoms. The maximum absolute atomic E-state index is 13.4. The van der Waals surface area contributed by atoms with Gasteiger partial charge in [-0.15, -0.1) is 11.8 Å². The van der Waals surface area contributed by atoms with Crippen molar-refractivity contribution in [1.29, 1.82) is 0 Å². The largest absolute Gasteiger partial charge is 0.480 e. The molecule has 2 amide bonds. The Balaban J connectivity index is 1.47. The molecule has 2 N–H and O–H groups in total. The van der Waals surface area contributed by atoms with Crippen molar-refractivity contribution in [2.45, 2.75) is 50.6 Å². The zero-order valence-electron chi connectivity index (χ0n) is 19.8. The maximum atomic E-state index is 13.4. The number of alkyl carbamates (subject to hydrolysis) is 1. The van der Waals surface area contributed by atoms with Gasteiger partial charge in [-0.2, -0.15) is 0 Å². The number of hydrogen-bond acceptors (Lipinski definition) is 5. The minimum atomic E-state index is -1.05. The van der Waals surface area contributed by atoms with E-state index in [4.69, 9.17) is 4.74 Å². The van der Waals surface area contributed by atoms with Crippen LogP contribution in [0.3, 0.4) is 0 Å². The van der Waals surface area contributed by atoms with Crippen molar-refractivity contribution in [3.05, 3.63) is 59.7 Å². The SMILES string of the molecule is CC(C)[C@H](NC(=O)OCC1c2ccccc2-c2ccccc21)C(=O)N1[C@H](C(=O)O)CSC1(C)C. The number of nitrogens with zero attached hydrogens (tertiary/aromatic N) is 1. The normalized spacial score (nSPS) is 19.4. The van der Waals surface area contributed by atoms with Gasteiger partial charge in [-0.05, 0) is 42.0 Å². The zero-order valence-corrected chi connectivity index (χ0v) is 20.6. The third-order valence-electron chi connectivity index (χ3n) is 6.56. The fourth-order valence-corrected chi connectivity index (χ4v) is 6.05. The summed E-state index contributed by atoms with van der Waals surface area (Å²) in [7, 11) is 0. The quantitative estimate of drug-likeness (QED) is 0.637. The molecule has 4 rings (SSSR count). The zero-order chi connectivity index (χ0) is 24.6. The second kappa shape index (κ2) is 9.33. The Bertz CT molecular complexity index is 1070. The summed E-state index contributed by atoms with van der Waals surface area (Å²) in [6, 6.07) is 14.3. The molecule has 1 fully saturated rings. The molecule has 0 saturated carbocycles. The monoisotopic (exact) mass is 482 g/mol. The lowest BCUT2D eigenvalue weighted by molar-refractivity contribution is -0.152. The molecule has 1 heterocycles. The van der Waals surface area contributed by atoms with Crippen molar-refractivity contribution in [3.8, 4) is 11.1 Å². The summed E-state index contributed by atoms with van der Waals surface area (Å²) >= 11 is 1.41. The van der Waals surface area contributed by atoms with Gasteiger partial charge in [0.25, 0.3) is 0 Å². The number of carbonyl (C=O) groups excluding carboxylic acids is 2. The number of benzene rings is 2. The lowest BCUT2D eigenvalue weighted by atomic mass is 9.98. The van der Waals surface area contributed by atoms with Crippen LogP contribution in [0.4, 0.5) is 4.79 Å². The molecule has 1 aliphatic carbocycles. The van der Waals surface area contributed by atoms with Crippen molar-refractivity contribution in [1.82, 2.24) is 10.2 Å². The van der Waals surface area contributed by atoms with E-state index in [0.29, 0.717) is 5.75 Å². The number of fused-ring (bicyclic) bond motifs is 3. The van der Waals surface area contributed by atoms with Gasteiger partial charge in [0.1, 0.15) is 18.7 Å². The first-order valence-electron chi connectivity index (χ1n) is 11.4. The van der Waals surface area contributed by atoms with Crippen LogP contribution in [0.5, 0.6) is 0 Å². The molecule has 2 atom stereocenters. The van der Waals surface area contributed by atoms with Crippen LogP contribution in [0.2, 0.25) is 0 Å². The first kappa shape index (κ1) is 24.1. The number of nitrogens with one attached hydrogen (secondary N) is 1. The van der Waals surface area contributed by atoms with Crippen LogP contribution in [0.25, 0.3) is 11.1 Å². The summed E-state index contributed by atoms with van der Waals surface area (Å²) < 4.78 is 5.62. The van der Waals surface area contributed by atoms with E-state index in [0.717, 1.165) is 22.3 Å². The second-order valence-corrected chi connectivity index (χ2v) is 11.1. The van der Waals surface area contributed by atoms with E-state index in [1.807, 2.05) is 64.1 Å². The first-order valence-corrected chi connectivity index (χ1v) is 12.4. The minimum Gasteiger partial charge on any atom is -0.480 e. The van der Waals surface area contributed by atoms with Gasteiger partial charge < -0.3 is 20.1 Å². The number of rotatable bonds is 6. The lowest BCUT2D eigenvalue weighted by Gasteiger charge is -2.37. The number of carbonyl (C=O) groups is 3. The molecule has 0 aromatic heterocycles. The van der Waals surface area contributed by atoms with Crippen LogP contribution in [0.15, 0.2) is 48.5 Å². The van der Waals surface area contributed by atoms with Gasteiger partial charge >= 0.3 is 12.1 Å². The van der Waals surface area contributed by atoms with Gasteiger partial charge in [0, 0.05) is 11.7 Å². The van der Waals surface area contributed by atoms with Gasteiger partial charge in [-0.3, -0.25) is 4.79 Å². The fourth-order valence-electron chi connectivity index (χ4n) is 4.83. The van der Waals surface area contributed by atoms with Crippen molar-refractivity contribution < 1.29 is 24.2 Å². The van der Waals surface area contributed by atoms with Crippen LogP contribution in [-0.2, 0) is 14.3 Å². The molecule has 0 radical (unpaired) electrons. The standard InChI is InChI=1S/C26H30N2O5S/c1-15(2)22(23(29)28-21(24(30)31)14-34-26(28,3)4)27-25(32)33-13-20-18-11-7-5-9-16(18)17-10-6-8-12-19(17)20/h5-12,15,20-22H,13-14H2,1-4H3,(H,27,32)(H,30,31)/t21-,22-/m0/s1. The third-order valence-corrected chi connectivity index (χ3v) is 7.94. The molecule has 1 aliphatic heterocycles. The smallest absolute Gasteiger partial charge is 0.407 e. The molecule has 34 heavy (non-hydrogen) atoms. The maximum Gasteiger partial charge on any atom is 0.407 e. The molecule has 0 unspecified atom stereocenters. The van der Waals surface area contributed by atoms with E-state index in [1.54, 1.807) is 0 Å². The Morgan fingerprint density at radius 3 is 2.18 bits per heavy atom. The molecule has 180 valence electrons. The van der Waals surface area contributed by atoms with Crippen LogP contribution < -0.4 is 5.32 Å². The molecule has 8 heteroatoms. The van der Waals surface area contributed by atoms with Gasteiger partial charge in [-0.1, -0.05) is 62.4 Å². The average molecular weight is 483 g/mol. The van der Waals surface area contributed by atoms with Gasteiger partial charge in [0.05, 0.1) is 4.87 Å². The van der Waals surface area contributed by atoms with E-state index in [1.165, 1.54) is 16.7 Å². The minimum absolute atomic E-state index is 0.0864. The Morgan fingerprint density at radius 2 is 1.65 bits per heavy atom. The number of ether oxygens (including phenoxy) is 1. The summed E-state index contributed by atoms with van der Waals surface area (Å²) in [6.45, 7) is 7.42. The second-order valence-electron chi connectivity index (χ2n) is 9.51.